The molecule has 0 amide bonds. The molecule has 90 valence electrons. The summed E-state index contributed by atoms with van der Waals surface area (Å²) in [6.45, 7) is 0.735. The summed E-state index contributed by atoms with van der Waals surface area (Å²) in [5.74, 6) is 0.767. The molecule has 0 aromatic carbocycles. The third-order valence-electron chi connectivity index (χ3n) is 3.54. The number of hydrogen-bond acceptors (Lipinski definition) is 4. The number of hydrogen-bond donors (Lipinski definition) is 0. The quantitative estimate of drug-likeness (QED) is 0.396. The summed E-state index contributed by atoms with van der Waals surface area (Å²) in [6.07, 6.45) is 5.22. The number of nitrogens with zero attached hydrogens (tertiary/aromatic N) is 3. The predicted octanol–water partition coefficient (Wildman–Crippen LogP) is 2.29. The number of fused-ring (bicyclic) bond motifs is 7. The summed E-state index contributed by atoms with van der Waals surface area (Å²) >= 11 is 0. The van der Waals surface area contributed by atoms with Crippen molar-refractivity contribution in [3.63, 3.8) is 0 Å². The first-order valence-electron chi connectivity index (χ1n) is 6.05. The van der Waals surface area contributed by atoms with Crippen LogP contribution in [0.15, 0.2) is 45.6 Å². The SMILES string of the molecule is c1cnc2c(c1)C[n+]1c-2oc2c3ccncc3oc21. The molecule has 0 radical (unpaired) electrons. The first kappa shape index (κ1) is 9.27. The summed E-state index contributed by atoms with van der Waals surface area (Å²) in [5.41, 5.74) is 4.31. The Bertz CT molecular complexity index is 952. The molecule has 4 aromatic heterocycles. The number of furan rings is 1. The minimum atomic E-state index is 0.735. The molecule has 0 spiro atoms. The van der Waals surface area contributed by atoms with Crippen LogP contribution < -0.4 is 4.57 Å². The van der Waals surface area contributed by atoms with Gasteiger partial charge in [0.1, 0.15) is 0 Å². The van der Waals surface area contributed by atoms with Crippen LogP contribution in [0.3, 0.4) is 0 Å². The van der Waals surface area contributed by atoms with E-state index in [1.54, 1.807) is 18.6 Å². The molecule has 1 aliphatic rings. The van der Waals surface area contributed by atoms with Gasteiger partial charge in [-0.25, -0.2) is 4.98 Å². The van der Waals surface area contributed by atoms with Crippen molar-refractivity contribution >= 4 is 22.3 Å². The van der Waals surface area contributed by atoms with Crippen molar-refractivity contribution in [1.29, 1.82) is 0 Å². The van der Waals surface area contributed by atoms with Crippen molar-refractivity contribution in [1.82, 2.24) is 9.97 Å². The highest BCUT2D eigenvalue weighted by Crippen LogP contribution is 2.34. The van der Waals surface area contributed by atoms with Crippen molar-refractivity contribution in [3.05, 3.63) is 42.4 Å². The van der Waals surface area contributed by atoms with Gasteiger partial charge in [0, 0.05) is 12.4 Å². The number of oxazole rings is 1. The molecule has 0 saturated heterocycles. The Kier molecular flexibility index (Phi) is 1.46. The highest BCUT2D eigenvalue weighted by atomic mass is 16.4. The molecule has 0 unspecified atom stereocenters. The molecule has 0 N–H and O–H groups in total. The molecule has 0 atom stereocenters. The van der Waals surface area contributed by atoms with Gasteiger partial charge in [0.05, 0.1) is 17.1 Å². The lowest BCUT2D eigenvalue weighted by Crippen LogP contribution is -2.30. The van der Waals surface area contributed by atoms with Gasteiger partial charge in [0.25, 0.3) is 5.58 Å². The highest BCUT2D eigenvalue weighted by Gasteiger charge is 2.38. The Balaban J connectivity index is 1.93. The lowest BCUT2D eigenvalue weighted by molar-refractivity contribution is -0.655. The van der Waals surface area contributed by atoms with E-state index in [9.17, 15) is 0 Å². The van der Waals surface area contributed by atoms with Crippen molar-refractivity contribution in [2.75, 3.05) is 0 Å². The van der Waals surface area contributed by atoms with Crippen LogP contribution in [0.1, 0.15) is 5.56 Å². The second kappa shape index (κ2) is 3.00. The Hall–Kier alpha value is -2.69. The van der Waals surface area contributed by atoms with Gasteiger partial charge in [-0.15, -0.1) is 4.57 Å². The molecule has 5 rings (SSSR count). The average molecular weight is 250 g/mol. The van der Waals surface area contributed by atoms with E-state index in [1.165, 1.54) is 0 Å². The predicted molar refractivity (Wildman–Crippen MR) is 66.3 cm³/mol. The summed E-state index contributed by atoms with van der Waals surface area (Å²) in [6, 6.07) is 5.89. The van der Waals surface area contributed by atoms with Crippen LogP contribution in [-0.2, 0) is 6.54 Å². The third-order valence-corrected chi connectivity index (χ3v) is 3.54. The number of rotatable bonds is 0. The molecule has 0 aliphatic carbocycles. The molecule has 5 nitrogen and oxygen atoms in total. The van der Waals surface area contributed by atoms with E-state index in [4.69, 9.17) is 8.83 Å². The maximum atomic E-state index is 5.97. The first-order chi connectivity index (χ1) is 9.42. The van der Waals surface area contributed by atoms with E-state index in [-0.39, 0.29) is 0 Å². The van der Waals surface area contributed by atoms with Crippen LogP contribution in [0.5, 0.6) is 0 Å². The zero-order valence-electron chi connectivity index (χ0n) is 9.83. The van der Waals surface area contributed by atoms with Crippen LogP contribution >= 0.6 is 0 Å². The minimum absolute atomic E-state index is 0.735. The normalized spacial score (nSPS) is 13.1. The lowest BCUT2D eigenvalue weighted by atomic mass is 10.2. The highest BCUT2D eigenvalue weighted by molar-refractivity contribution is 5.98. The monoisotopic (exact) mass is 250 g/mol. The van der Waals surface area contributed by atoms with Gasteiger partial charge >= 0.3 is 11.6 Å². The van der Waals surface area contributed by atoms with Crippen molar-refractivity contribution in [2.24, 2.45) is 0 Å². The van der Waals surface area contributed by atoms with Crippen LogP contribution in [0.2, 0.25) is 0 Å². The van der Waals surface area contributed by atoms with Crippen molar-refractivity contribution in [3.8, 4) is 11.6 Å². The average Bonchev–Trinajstić information content (AvgIpc) is 3.07. The Morgan fingerprint density at radius 1 is 1.16 bits per heavy atom. The molecule has 5 heterocycles. The zero-order valence-corrected chi connectivity index (χ0v) is 9.83. The molecule has 5 heteroatoms. The lowest BCUT2D eigenvalue weighted by Gasteiger charge is -1.88. The van der Waals surface area contributed by atoms with Gasteiger partial charge in [-0.2, -0.15) is 0 Å². The Morgan fingerprint density at radius 3 is 3.16 bits per heavy atom. The van der Waals surface area contributed by atoms with Gasteiger partial charge in [0.2, 0.25) is 0 Å². The minimum Gasteiger partial charge on any atom is -0.400 e. The maximum absolute atomic E-state index is 5.97. The molecule has 0 bridgehead atoms. The van der Waals surface area contributed by atoms with Gasteiger partial charge in [0.15, 0.2) is 17.8 Å². The van der Waals surface area contributed by atoms with Gasteiger partial charge in [-0.05, 0) is 18.2 Å². The molecule has 0 saturated carbocycles. The van der Waals surface area contributed by atoms with E-state index in [2.05, 4.69) is 16.0 Å². The maximum Gasteiger partial charge on any atom is 0.422 e. The largest absolute Gasteiger partial charge is 0.422 e. The van der Waals surface area contributed by atoms with Crippen LogP contribution in [-0.4, -0.2) is 9.97 Å². The fraction of sp³-hybridized carbons (Fsp3) is 0.0714. The van der Waals surface area contributed by atoms with E-state index in [0.717, 1.165) is 46.0 Å². The molecule has 0 fully saturated rings. The topological polar surface area (TPSA) is 55.9 Å². The second-order valence-electron chi connectivity index (χ2n) is 4.61. The summed E-state index contributed by atoms with van der Waals surface area (Å²) in [5, 5.41) is 0.949. The van der Waals surface area contributed by atoms with Crippen LogP contribution in [0.25, 0.3) is 33.9 Å². The smallest absolute Gasteiger partial charge is 0.400 e. The third kappa shape index (κ3) is 1.03. The Morgan fingerprint density at radius 2 is 2.16 bits per heavy atom. The number of aromatic nitrogens is 3. The van der Waals surface area contributed by atoms with Crippen molar-refractivity contribution < 1.29 is 13.4 Å². The Labute approximate surface area is 107 Å². The molecule has 4 aromatic rings. The first-order valence-corrected chi connectivity index (χ1v) is 6.05. The number of pyridine rings is 2. The van der Waals surface area contributed by atoms with Gasteiger partial charge in [-0.3, -0.25) is 4.98 Å². The fourth-order valence-corrected chi connectivity index (χ4v) is 2.68. The summed E-state index contributed by atoms with van der Waals surface area (Å²) in [4.78, 5) is 8.45. The van der Waals surface area contributed by atoms with Crippen LogP contribution in [0.4, 0.5) is 0 Å². The van der Waals surface area contributed by atoms with E-state index >= 15 is 0 Å². The summed E-state index contributed by atoms with van der Waals surface area (Å²) in [7, 11) is 0. The van der Waals surface area contributed by atoms with Gasteiger partial charge in [-0.1, -0.05) is 0 Å². The zero-order chi connectivity index (χ0) is 12.4. The van der Waals surface area contributed by atoms with Crippen molar-refractivity contribution in [2.45, 2.75) is 6.54 Å². The molecular weight excluding hydrogens is 242 g/mol. The molecule has 19 heavy (non-hydrogen) atoms. The van der Waals surface area contributed by atoms with E-state index in [1.807, 2.05) is 16.7 Å². The van der Waals surface area contributed by atoms with Crippen LogP contribution in [0, 0.1) is 0 Å². The van der Waals surface area contributed by atoms with E-state index < -0.39 is 0 Å². The second-order valence-corrected chi connectivity index (χ2v) is 4.61. The van der Waals surface area contributed by atoms with Gasteiger partial charge < -0.3 is 8.83 Å². The standard InChI is InChI=1S/C14H8N3O2/c1-2-8-7-17-13(11(8)16-4-1)19-12-9-3-5-15-6-10(9)18-14(12)17/h1-6H,7H2/q+1. The molecule has 1 aliphatic heterocycles. The van der Waals surface area contributed by atoms with E-state index in [0.29, 0.717) is 0 Å². The molecular formula is C14H8N3O2+. The summed E-state index contributed by atoms with van der Waals surface area (Å²) < 4.78 is 13.8. The fourth-order valence-electron chi connectivity index (χ4n) is 2.68.